The maximum absolute atomic E-state index is 12.8. The summed E-state index contributed by atoms with van der Waals surface area (Å²) in [5.74, 6) is 0. The molecule has 1 N–H and O–H groups in total. The van der Waals surface area contributed by atoms with Crippen molar-refractivity contribution >= 4 is 0 Å². The number of alkyl halides is 6. The third-order valence-corrected chi connectivity index (χ3v) is 2.94. The Morgan fingerprint density at radius 1 is 0.900 bits per heavy atom. The zero-order chi connectivity index (χ0) is 15.6. The monoisotopic (exact) mass is 300 g/mol. The van der Waals surface area contributed by atoms with Gasteiger partial charge >= 0.3 is 12.4 Å². The summed E-state index contributed by atoms with van der Waals surface area (Å²) >= 11 is 0. The molecule has 1 unspecified atom stereocenters. The van der Waals surface area contributed by atoms with Gasteiger partial charge in [0.05, 0.1) is 11.2 Å². The van der Waals surface area contributed by atoms with E-state index in [1.807, 2.05) is 0 Å². The van der Waals surface area contributed by atoms with Gasteiger partial charge in [-0.3, -0.25) is 0 Å². The lowest BCUT2D eigenvalue weighted by Gasteiger charge is -2.27. The van der Waals surface area contributed by atoms with Crippen molar-refractivity contribution in [1.29, 1.82) is 0 Å². The molecule has 0 spiro atoms. The van der Waals surface area contributed by atoms with Crippen molar-refractivity contribution in [3.05, 3.63) is 35.4 Å². The Hall–Kier alpha value is -1.24. The maximum Gasteiger partial charge on any atom is 0.416 e. The summed E-state index contributed by atoms with van der Waals surface area (Å²) in [7, 11) is 0. The first-order chi connectivity index (χ1) is 8.93. The van der Waals surface area contributed by atoms with Crippen LogP contribution in [0.1, 0.15) is 37.3 Å². The average Bonchev–Trinajstić information content (AvgIpc) is 2.25. The van der Waals surface area contributed by atoms with E-state index in [2.05, 4.69) is 0 Å². The number of benzene rings is 1. The minimum Gasteiger partial charge on any atom is -0.385 e. The molecule has 0 saturated heterocycles. The van der Waals surface area contributed by atoms with Crippen molar-refractivity contribution in [2.45, 2.75) is 44.1 Å². The van der Waals surface area contributed by atoms with Crippen molar-refractivity contribution in [2.24, 2.45) is 0 Å². The van der Waals surface area contributed by atoms with E-state index in [1.165, 1.54) is 6.07 Å². The van der Waals surface area contributed by atoms with Crippen LogP contribution >= 0.6 is 0 Å². The molecule has 1 nitrogen and oxygen atoms in total. The van der Waals surface area contributed by atoms with Crippen molar-refractivity contribution in [3.8, 4) is 0 Å². The lowest BCUT2D eigenvalue weighted by atomic mass is 9.87. The number of hydrogen-bond donors (Lipinski definition) is 1. The van der Waals surface area contributed by atoms with E-state index >= 15 is 0 Å². The molecule has 0 aliphatic heterocycles. The Balaban J connectivity index is 2.93. The number of hydrogen-bond acceptors (Lipinski definition) is 1. The highest BCUT2D eigenvalue weighted by Gasteiger charge is 2.38. The van der Waals surface area contributed by atoms with Crippen LogP contribution in [0.2, 0.25) is 0 Å². The van der Waals surface area contributed by atoms with E-state index < -0.39 is 48.3 Å². The largest absolute Gasteiger partial charge is 0.416 e. The fourth-order valence-electron chi connectivity index (χ4n) is 1.97. The molecule has 7 heteroatoms. The molecule has 1 aromatic rings. The van der Waals surface area contributed by atoms with Crippen LogP contribution in [0.25, 0.3) is 0 Å². The van der Waals surface area contributed by atoms with E-state index in [4.69, 9.17) is 0 Å². The van der Waals surface area contributed by atoms with Gasteiger partial charge in [-0.15, -0.1) is 0 Å². The predicted octanol–water partition coefficient (Wildman–Crippen LogP) is 4.65. The van der Waals surface area contributed by atoms with Gasteiger partial charge in [-0.25, -0.2) is 0 Å². The summed E-state index contributed by atoms with van der Waals surface area (Å²) in [4.78, 5) is 0. The minimum absolute atomic E-state index is 0.403. The molecule has 20 heavy (non-hydrogen) atoms. The fourth-order valence-corrected chi connectivity index (χ4v) is 1.97. The Morgan fingerprint density at radius 2 is 1.40 bits per heavy atom. The second-order valence-corrected chi connectivity index (χ2v) is 4.79. The molecule has 0 saturated carbocycles. The molecule has 114 valence electrons. The second kappa shape index (κ2) is 5.63. The van der Waals surface area contributed by atoms with Crippen LogP contribution in [0.5, 0.6) is 0 Å². The normalized spacial score (nSPS) is 16.0. The van der Waals surface area contributed by atoms with Crippen LogP contribution in [0.3, 0.4) is 0 Å². The smallest absolute Gasteiger partial charge is 0.385 e. The summed E-state index contributed by atoms with van der Waals surface area (Å²) < 4.78 is 74.5. The minimum atomic E-state index is -4.66. The zero-order valence-corrected chi connectivity index (χ0v) is 10.6. The molecular formula is C13H14F6O. The van der Waals surface area contributed by atoms with E-state index in [1.54, 1.807) is 0 Å². The van der Waals surface area contributed by atoms with E-state index in [0.717, 1.165) is 25.1 Å². The number of rotatable bonds is 4. The molecule has 1 rings (SSSR count). The Bertz CT molecular complexity index is 447. The standard InChI is InChI=1S/C13H14F6O/c1-11(20,7-4-8-12(14,15)16)9-5-2-3-6-10(9)13(17,18)19/h2-3,5-6,20H,4,7-8H2,1H3. The maximum atomic E-state index is 12.8. The quantitative estimate of drug-likeness (QED) is 0.803. The van der Waals surface area contributed by atoms with Gasteiger partial charge in [0.25, 0.3) is 0 Å². The SMILES string of the molecule is CC(O)(CCCC(F)(F)F)c1ccccc1C(F)(F)F. The van der Waals surface area contributed by atoms with Gasteiger partial charge in [0.2, 0.25) is 0 Å². The van der Waals surface area contributed by atoms with Gasteiger partial charge in [0.15, 0.2) is 0 Å². The Kier molecular flexibility index (Phi) is 4.74. The van der Waals surface area contributed by atoms with Crippen LogP contribution < -0.4 is 0 Å². The molecule has 0 aromatic heterocycles. The van der Waals surface area contributed by atoms with Crippen molar-refractivity contribution in [3.63, 3.8) is 0 Å². The molecule has 0 heterocycles. The molecule has 0 aliphatic carbocycles. The number of aliphatic hydroxyl groups is 1. The summed E-state index contributed by atoms with van der Waals surface area (Å²) in [6.45, 7) is 1.09. The van der Waals surface area contributed by atoms with Gasteiger partial charge in [-0.2, -0.15) is 26.3 Å². The molecule has 1 atom stereocenters. The first-order valence-corrected chi connectivity index (χ1v) is 5.89. The summed E-state index contributed by atoms with van der Waals surface area (Å²) in [6.07, 6.45) is -11.0. The third kappa shape index (κ3) is 4.70. The van der Waals surface area contributed by atoms with E-state index in [0.29, 0.717) is 0 Å². The van der Waals surface area contributed by atoms with Gasteiger partial charge in [-0.1, -0.05) is 18.2 Å². The second-order valence-electron chi connectivity index (χ2n) is 4.79. The summed E-state index contributed by atoms with van der Waals surface area (Å²) in [5, 5.41) is 10.1. The fraction of sp³-hybridized carbons (Fsp3) is 0.538. The van der Waals surface area contributed by atoms with Gasteiger partial charge in [0, 0.05) is 6.42 Å². The Morgan fingerprint density at radius 3 is 1.85 bits per heavy atom. The first-order valence-electron chi connectivity index (χ1n) is 5.89. The highest BCUT2D eigenvalue weighted by Crippen LogP contribution is 2.39. The molecule has 0 amide bonds. The van der Waals surface area contributed by atoms with Crippen LogP contribution in [0.15, 0.2) is 24.3 Å². The zero-order valence-electron chi connectivity index (χ0n) is 10.6. The molecule has 0 fully saturated rings. The molecule has 0 aliphatic rings. The van der Waals surface area contributed by atoms with Crippen LogP contribution in [-0.4, -0.2) is 11.3 Å². The lowest BCUT2D eigenvalue weighted by molar-refractivity contribution is -0.143. The molecular weight excluding hydrogens is 286 g/mol. The van der Waals surface area contributed by atoms with E-state index in [9.17, 15) is 31.4 Å². The van der Waals surface area contributed by atoms with Gasteiger partial charge < -0.3 is 5.11 Å². The predicted molar refractivity (Wildman–Crippen MR) is 60.9 cm³/mol. The van der Waals surface area contributed by atoms with Crippen LogP contribution in [-0.2, 0) is 11.8 Å². The summed E-state index contributed by atoms with van der Waals surface area (Å²) in [5.41, 5.74) is -3.40. The lowest BCUT2D eigenvalue weighted by Crippen LogP contribution is -2.26. The highest BCUT2D eigenvalue weighted by molar-refractivity contribution is 5.34. The van der Waals surface area contributed by atoms with Crippen LogP contribution in [0, 0.1) is 0 Å². The van der Waals surface area contributed by atoms with Crippen molar-refractivity contribution in [1.82, 2.24) is 0 Å². The first kappa shape index (κ1) is 16.8. The van der Waals surface area contributed by atoms with Crippen LogP contribution in [0.4, 0.5) is 26.3 Å². The Labute approximate surface area is 112 Å². The molecule has 0 bridgehead atoms. The van der Waals surface area contributed by atoms with E-state index in [-0.39, 0.29) is 0 Å². The molecule has 1 aromatic carbocycles. The topological polar surface area (TPSA) is 20.2 Å². The summed E-state index contributed by atoms with van der Waals surface area (Å²) in [6, 6.07) is 4.35. The van der Waals surface area contributed by atoms with Gasteiger partial charge in [-0.05, 0) is 31.4 Å². The van der Waals surface area contributed by atoms with Gasteiger partial charge in [0.1, 0.15) is 0 Å². The molecule has 0 radical (unpaired) electrons. The third-order valence-electron chi connectivity index (χ3n) is 2.94. The van der Waals surface area contributed by atoms with Crippen molar-refractivity contribution < 1.29 is 31.4 Å². The highest BCUT2D eigenvalue weighted by atomic mass is 19.4. The number of halogens is 6. The average molecular weight is 300 g/mol. The van der Waals surface area contributed by atoms with Crippen molar-refractivity contribution in [2.75, 3.05) is 0 Å².